The van der Waals surface area contributed by atoms with Crippen molar-refractivity contribution in [2.24, 2.45) is 5.92 Å². The second-order valence-corrected chi connectivity index (χ2v) is 6.89. The number of rotatable bonds is 3. The lowest BCUT2D eigenvalue weighted by Gasteiger charge is -2.27. The highest BCUT2D eigenvalue weighted by atomic mass is 79.9. The van der Waals surface area contributed by atoms with Crippen LogP contribution in [-0.4, -0.2) is 18.6 Å². The van der Waals surface area contributed by atoms with Gasteiger partial charge in [0.25, 0.3) is 0 Å². The van der Waals surface area contributed by atoms with Gasteiger partial charge in [0.15, 0.2) is 0 Å². The maximum atomic E-state index is 3.78. The fourth-order valence-corrected chi connectivity index (χ4v) is 4.27. The lowest BCUT2D eigenvalue weighted by molar-refractivity contribution is 0.376. The highest BCUT2D eigenvalue weighted by molar-refractivity contribution is 9.10. The number of halogens is 1. The average molecular weight is 323 g/mol. The Morgan fingerprint density at radius 2 is 2.11 bits per heavy atom. The van der Waals surface area contributed by atoms with Gasteiger partial charge in [0.1, 0.15) is 0 Å². The number of benzene rings is 1. The minimum atomic E-state index is 0.634. The quantitative estimate of drug-likeness (QED) is 0.875. The minimum Gasteiger partial charge on any atom is -0.381 e. The van der Waals surface area contributed by atoms with Gasteiger partial charge in [0, 0.05) is 22.2 Å². The molecular weight excluding hydrogens is 300 g/mol. The largest absolute Gasteiger partial charge is 0.381 e. The maximum Gasteiger partial charge on any atom is 0.0487 e. The summed E-state index contributed by atoms with van der Waals surface area (Å²) < 4.78 is 1.19. The van der Waals surface area contributed by atoms with Crippen LogP contribution in [0.2, 0.25) is 0 Å². The molecule has 2 nitrogen and oxygen atoms in total. The lowest BCUT2D eigenvalue weighted by Crippen LogP contribution is -2.38. The van der Waals surface area contributed by atoms with Gasteiger partial charge >= 0.3 is 0 Å². The van der Waals surface area contributed by atoms with E-state index in [0.717, 1.165) is 12.0 Å². The third-order valence-corrected chi connectivity index (χ3v) is 5.31. The molecule has 2 N–H and O–H groups in total. The molecule has 1 aromatic carbocycles. The normalized spacial score (nSPS) is 30.7. The van der Waals surface area contributed by atoms with Gasteiger partial charge in [0.2, 0.25) is 0 Å². The predicted molar refractivity (Wildman–Crippen MR) is 84.7 cm³/mol. The molecular formula is C16H23BrN2. The highest BCUT2D eigenvalue weighted by Crippen LogP contribution is 2.35. The van der Waals surface area contributed by atoms with Crippen molar-refractivity contribution in [2.75, 3.05) is 11.9 Å². The Bertz CT molecular complexity index is 440. The fraction of sp³-hybridized carbons (Fsp3) is 0.625. The summed E-state index contributed by atoms with van der Waals surface area (Å²) in [6.45, 7) is 3.34. The molecule has 3 unspecified atom stereocenters. The smallest absolute Gasteiger partial charge is 0.0487 e. The molecule has 2 aliphatic rings. The molecule has 3 rings (SSSR count). The van der Waals surface area contributed by atoms with E-state index in [2.05, 4.69) is 51.7 Å². The van der Waals surface area contributed by atoms with E-state index in [1.165, 1.54) is 54.4 Å². The zero-order valence-corrected chi connectivity index (χ0v) is 13.2. The van der Waals surface area contributed by atoms with Crippen LogP contribution in [-0.2, 0) is 0 Å². The van der Waals surface area contributed by atoms with Crippen LogP contribution < -0.4 is 10.6 Å². The van der Waals surface area contributed by atoms with E-state index in [1.807, 2.05) is 0 Å². The third kappa shape index (κ3) is 2.97. The van der Waals surface area contributed by atoms with Crippen molar-refractivity contribution in [1.29, 1.82) is 0 Å². The van der Waals surface area contributed by atoms with Gasteiger partial charge in [-0.15, -0.1) is 0 Å². The topological polar surface area (TPSA) is 24.1 Å². The van der Waals surface area contributed by atoms with Gasteiger partial charge < -0.3 is 10.6 Å². The summed E-state index contributed by atoms with van der Waals surface area (Å²) in [6.07, 6.45) is 6.76. The second kappa shape index (κ2) is 5.84. The van der Waals surface area contributed by atoms with E-state index in [4.69, 9.17) is 0 Å². The Morgan fingerprint density at radius 1 is 1.21 bits per heavy atom. The Kier molecular flexibility index (Phi) is 4.13. The summed E-state index contributed by atoms with van der Waals surface area (Å²) in [4.78, 5) is 0. The van der Waals surface area contributed by atoms with Crippen LogP contribution in [0.25, 0.3) is 0 Å². The molecule has 0 aromatic heterocycles. The van der Waals surface area contributed by atoms with Crippen LogP contribution in [0.1, 0.15) is 37.7 Å². The van der Waals surface area contributed by atoms with Crippen molar-refractivity contribution in [1.82, 2.24) is 5.32 Å². The molecule has 104 valence electrons. The van der Waals surface area contributed by atoms with Gasteiger partial charge in [-0.2, -0.15) is 0 Å². The van der Waals surface area contributed by atoms with Crippen LogP contribution in [0, 0.1) is 12.8 Å². The van der Waals surface area contributed by atoms with E-state index < -0.39 is 0 Å². The van der Waals surface area contributed by atoms with Gasteiger partial charge in [-0.25, -0.2) is 0 Å². The molecule has 1 saturated heterocycles. The van der Waals surface area contributed by atoms with Crippen molar-refractivity contribution in [3.8, 4) is 0 Å². The van der Waals surface area contributed by atoms with E-state index >= 15 is 0 Å². The molecule has 1 saturated carbocycles. The second-order valence-electron chi connectivity index (χ2n) is 6.03. The van der Waals surface area contributed by atoms with Crippen molar-refractivity contribution in [3.05, 3.63) is 28.2 Å². The highest BCUT2D eigenvalue weighted by Gasteiger charge is 2.35. The van der Waals surface area contributed by atoms with Crippen LogP contribution in [0.4, 0.5) is 5.69 Å². The summed E-state index contributed by atoms with van der Waals surface area (Å²) >= 11 is 3.68. The Morgan fingerprint density at radius 3 is 2.84 bits per heavy atom. The van der Waals surface area contributed by atoms with E-state index in [1.54, 1.807) is 0 Å². The molecule has 0 bridgehead atoms. The van der Waals surface area contributed by atoms with Crippen molar-refractivity contribution in [2.45, 2.75) is 51.1 Å². The van der Waals surface area contributed by atoms with Crippen LogP contribution in [0.15, 0.2) is 22.7 Å². The molecule has 2 fully saturated rings. The zero-order chi connectivity index (χ0) is 13.2. The third-order valence-electron chi connectivity index (χ3n) is 4.65. The average Bonchev–Trinajstić information content (AvgIpc) is 3.03. The number of anilines is 1. The number of aryl methyl sites for hydroxylation is 1. The fourth-order valence-electron chi connectivity index (χ4n) is 3.66. The Hall–Kier alpha value is -0.540. The number of nitrogens with one attached hydrogen (secondary N) is 2. The first-order chi connectivity index (χ1) is 9.24. The van der Waals surface area contributed by atoms with Gasteiger partial charge in [-0.3, -0.25) is 0 Å². The molecule has 0 amide bonds. The van der Waals surface area contributed by atoms with Crippen molar-refractivity contribution in [3.63, 3.8) is 0 Å². The summed E-state index contributed by atoms with van der Waals surface area (Å²) in [5.74, 6) is 0.802. The first-order valence-corrected chi connectivity index (χ1v) is 8.29. The predicted octanol–water partition coefficient (Wildman–Crippen LogP) is 4.09. The van der Waals surface area contributed by atoms with E-state index in [-0.39, 0.29) is 0 Å². The molecule has 1 aliphatic heterocycles. The van der Waals surface area contributed by atoms with Crippen LogP contribution >= 0.6 is 15.9 Å². The Labute approximate surface area is 124 Å². The molecule has 0 spiro atoms. The first kappa shape index (κ1) is 13.4. The van der Waals surface area contributed by atoms with E-state index in [9.17, 15) is 0 Å². The Balaban J connectivity index is 1.70. The summed E-state index contributed by atoms with van der Waals surface area (Å²) in [7, 11) is 0. The first-order valence-electron chi connectivity index (χ1n) is 7.50. The molecule has 1 aromatic rings. The molecule has 1 aliphatic carbocycles. The lowest BCUT2D eigenvalue weighted by atomic mass is 9.93. The molecule has 19 heavy (non-hydrogen) atoms. The van der Waals surface area contributed by atoms with Crippen LogP contribution in [0.3, 0.4) is 0 Å². The van der Waals surface area contributed by atoms with Crippen LogP contribution in [0.5, 0.6) is 0 Å². The summed E-state index contributed by atoms with van der Waals surface area (Å²) in [5, 5.41) is 7.46. The number of hydrogen-bond donors (Lipinski definition) is 2. The molecule has 3 atom stereocenters. The summed E-state index contributed by atoms with van der Waals surface area (Å²) in [5.41, 5.74) is 2.55. The van der Waals surface area contributed by atoms with Gasteiger partial charge in [-0.05, 0) is 78.7 Å². The standard InChI is InChI=1S/C16H23BrN2/c1-11-7-8-16(13(17)10-11)19-15-5-2-4-12(15)14-6-3-9-18-14/h7-8,10,12,14-15,18-19H,2-6,9H2,1H3. The maximum absolute atomic E-state index is 3.78. The number of hydrogen-bond acceptors (Lipinski definition) is 2. The monoisotopic (exact) mass is 322 g/mol. The molecule has 1 heterocycles. The van der Waals surface area contributed by atoms with Gasteiger partial charge in [-0.1, -0.05) is 12.5 Å². The molecule has 0 radical (unpaired) electrons. The van der Waals surface area contributed by atoms with Crippen molar-refractivity contribution < 1.29 is 0 Å². The summed E-state index contributed by atoms with van der Waals surface area (Å²) in [6, 6.07) is 7.96. The minimum absolute atomic E-state index is 0.634. The van der Waals surface area contributed by atoms with Gasteiger partial charge in [0.05, 0.1) is 0 Å². The van der Waals surface area contributed by atoms with E-state index in [0.29, 0.717) is 6.04 Å². The molecule has 3 heteroatoms. The van der Waals surface area contributed by atoms with Crippen molar-refractivity contribution >= 4 is 21.6 Å². The SMILES string of the molecule is Cc1ccc(NC2CCCC2C2CCCN2)c(Br)c1. The zero-order valence-electron chi connectivity index (χ0n) is 11.6.